The zero-order valence-electron chi connectivity index (χ0n) is 15.4. The van der Waals surface area contributed by atoms with Gasteiger partial charge >= 0.3 is 6.09 Å². The van der Waals surface area contributed by atoms with E-state index in [1.54, 1.807) is 30.3 Å². The van der Waals surface area contributed by atoms with Crippen molar-refractivity contribution in [2.45, 2.75) is 19.8 Å². The summed E-state index contributed by atoms with van der Waals surface area (Å²) >= 11 is 0. The molecule has 0 saturated heterocycles. The van der Waals surface area contributed by atoms with Gasteiger partial charge in [0.15, 0.2) is 0 Å². The van der Waals surface area contributed by atoms with Gasteiger partial charge in [-0.1, -0.05) is 19.4 Å². The number of benzene rings is 2. The third-order valence-corrected chi connectivity index (χ3v) is 3.74. The lowest BCUT2D eigenvalue weighted by Gasteiger charge is -2.13. The summed E-state index contributed by atoms with van der Waals surface area (Å²) < 4.78 is 5.05. The van der Waals surface area contributed by atoms with Crippen LogP contribution in [-0.2, 0) is 4.74 Å². The molecule has 2 rings (SSSR count). The highest BCUT2D eigenvalue weighted by atomic mass is 16.5. The van der Waals surface area contributed by atoms with E-state index in [0.717, 1.165) is 18.5 Å². The molecule has 6 nitrogen and oxygen atoms in total. The number of carbonyl (C=O) groups excluding carboxylic acids is 2. The van der Waals surface area contributed by atoms with Gasteiger partial charge in [0, 0.05) is 36.7 Å². The van der Waals surface area contributed by atoms with Gasteiger partial charge in [0.1, 0.15) is 0 Å². The maximum atomic E-state index is 12.4. The summed E-state index contributed by atoms with van der Waals surface area (Å²) in [6.45, 7) is 2.44. The van der Waals surface area contributed by atoms with Crippen LogP contribution in [0, 0.1) is 0 Å². The molecule has 0 aliphatic rings. The third kappa shape index (κ3) is 5.81. The summed E-state index contributed by atoms with van der Waals surface area (Å²) in [5.74, 6) is -0.187. The van der Waals surface area contributed by atoms with E-state index in [9.17, 15) is 9.59 Å². The first kappa shape index (κ1) is 19.3. The van der Waals surface area contributed by atoms with Crippen molar-refractivity contribution < 1.29 is 14.3 Å². The number of nitrogens with zero attached hydrogens (tertiary/aromatic N) is 1. The van der Waals surface area contributed by atoms with E-state index in [0.29, 0.717) is 23.5 Å². The van der Waals surface area contributed by atoms with Gasteiger partial charge in [-0.2, -0.15) is 0 Å². The predicted molar refractivity (Wildman–Crippen MR) is 105 cm³/mol. The minimum absolute atomic E-state index is 0.187. The molecule has 0 radical (unpaired) electrons. The van der Waals surface area contributed by atoms with Crippen molar-refractivity contribution in [2.75, 3.05) is 36.2 Å². The zero-order valence-corrected chi connectivity index (χ0v) is 15.4. The molecule has 6 heteroatoms. The molecule has 0 spiro atoms. The Hall–Kier alpha value is -3.02. The number of unbranched alkanes of at least 4 members (excludes halogenated alkanes) is 1. The average Bonchev–Trinajstić information content (AvgIpc) is 2.63. The fourth-order valence-corrected chi connectivity index (χ4v) is 2.23. The van der Waals surface area contributed by atoms with E-state index < -0.39 is 6.09 Å². The van der Waals surface area contributed by atoms with Gasteiger partial charge in [0.2, 0.25) is 0 Å². The smallest absolute Gasteiger partial charge is 0.411 e. The molecule has 2 aromatic carbocycles. The van der Waals surface area contributed by atoms with E-state index >= 15 is 0 Å². The minimum atomic E-state index is -0.476. The van der Waals surface area contributed by atoms with Crippen molar-refractivity contribution in [3.63, 3.8) is 0 Å². The molecule has 26 heavy (non-hydrogen) atoms. The molecule has 138 valence electrons. The number of anilines is 3. The van der Waals surface area contributed by atoms with Crippen LogP contribution in [0.5, 0.6) is 0 Å². The molecular weight excluding hydrogens is 330 g/mol. The van der Waals surface area contributed by atoms with Gasteiger partial charge < -0.3 is 15.0 Å². The summed E-state index contributed by atoms with van der Waals surface area (Å²) in [6, 6.07) is 14.3. The van der Waals surface area contributed by atoms with Crippen molar-refractivity contribution in [1.82, 2.24) is 0 Å². The Morgan fingerprint density at radius 3 is 2.27 bits per heavy atom. The Balaban J connectivity index is 1.93. The second kappa shape index (κ2) is 9.46. The molecule has 0 aliphatic carbocycles. The Morgan fingerprint density at radius 2 is 1.65 bits per heavy atom. The van der Waals surface area contributed by atoms with Gasteiger partial charge in [0.05, 0.1) is 6.61 Å². The summed E-state index contributed by atoms with van der Waals surface area (Å²) in [6.07, 6.45) is 1.34. The minimum Gasteiger partial charge on any atom is -0.449 e. The Morgan fingerprint density at radius 1 is 1.00 bits per heavy atom. The predicted octanol–water partition coefficient (Wildman–Crippen LogP) is 4.35. The van der Waals surface area contributed by atoms with Gasteiger partial charge in [-0.3, -0.25) is 10.1 Å². The fourth-order valence-electron chi connectivity index (χ4n) is 2.23. The van der Waals surface area contributed by atoms with Crippen molar-refractivity contribution >= 4 is 29.1 Å². The lowest BCUT2D eigenvalue weighted by Crippen LogP contribution is -2.15. The number of ether oxygens (including phenoxy) is 1. The van der Waals surface area contributed by atoms with Crippen molar-refractivity contribution in [2.24, 2.45) is 0 Å². The van der Waals surface area contributed by atoms with Gasteiger partial charge in [-0.05, 0) is 48.9 Å². The number of carbonyl (C=O) groups is 2. The average molecular weight is 355 g/mol. The largest absolute Gasteiger partial charge is 0.449 e. The number of nitrogens with one attached hydrogen (secondary N) is 2. The lowest BCUT2D eigenvalue weighted by molar-refractivity contribution is 0.102. The first-order valence-electron chi connectivity index (χ1n) is 8.62. The van der Waals surface area contributed by atoms with Gasteiger partial charge in [-0.25, -0.2) is 4.79 Å². The molecule has 0 unspecified atom stereocenters. The van der Waals surface area contributed by atoms with E-state index in [2.05, 4.69) is 10.6 Å². The van der Waals surface area contributed by atoms with Crippen LogP contribution in [0.2, 0.25) is 0 Å². The number of rotatable bonds is 7. The summed E-state index contributed by atoms with van der Waals surface area (Å²) in [7, 11) is 3.85. The maximum absolute atomic E-state index is 12.4. The zero-order chi connectivity index (χ0) is 18.9. The van der Waals surface area contributed by atoms with Crippen LogP contribution < -0.4 is 15.5 Å². The van der Waals surface area contributed by atoms with E-state index in [1.807, 2.05) is 44.1 Å². The third-order valence-electron chi connectivity index (χ3n) is 3.74. The number of hydrogen-bond donors (Lipinski definition) is 2. The van der Waals surface area contributed by atoms with Crippen molar-refractivity contribution in [1.29, 1.82) is 0 Å². The van der Waals surface area contributed by atoms with Crippen LogP contribution in [0.1, 0.15) is 30.1 Å². The van der Waals surface area contributed by atoms with Crippen LogP contribution in [0.3, 0.4) is 0 Å². The number of hydrogen-bond acceptors (Lipinski definition) is 4. The van der Waals surface area contributed by atoms with Crippen LogP contribution in [0.25, 0.3) is 0 Å². The summed E-state index contributed by atoms with van der Waals surface area (Å²) in [4.78, 5) is 25.9. The Kier molecular flexibility index (Phi) is 7.02. The molecule has 0 fully saturated rings. The number of amides is 2. The SMILES string of the molecule is CCCCOC(=O)Nc1ccc(NC(=O)c2cccc(N(C)C)c2)cc1. The van der Waals surface area contributed by atoms with Crippen LogP contribution in [0.4, 0.5) is 21.9 Å². The van der Waals surface area contributed by atoms with Crippen molar-refractivity contribution in [3.8, 4) is 0 Å². The highest BCUT2D eigenvalue weighted by Gasteiger charge is 2.08. The summed E-state index contributed by atoms with van der Waals surface area (Å²) in [5, 5.41) is 5.50. The van der Waals surface area contributed by atoms with Gasteiger partial charge in [0.25, 0.3) is 5.91 Å². The van der Waals surface area contributed by atoms with Crippen LogP contribution in [-0.4, -0.2) is 32.7 Å². The summed E-state index contributed by atoms with van der Waals surface area (Å²) in [5.41, 5.74) is 2.80. The lowest BCUT2D eigenvalue weighted by atomic mass is 10.1. The first-order chi connectivity index (χ1) is 12.5. The molecule has 0 bridgehead atoms. The molecule has 2 N–H and O–H groups in total. The fraction of sp³-hybridized carbons (Fsp3) is 0.300. The normalized spacial score (nSPS) is 10.1. The van der Waals surface area contributed by atoms with Crippen molar-refractivity contribution in [3.05, 3.63) is 54.1 Å². The molecule has 0 aromatic heterocycles. The monoisotopic (exact) mass is 355 g/mol. The molecule has 2 aromatic rings. The van der Waals surface area contributed by atoms with Crippen LogP contribution >= 0.6 is 0 Å². The molecule has 0 aliphatic heterocycles. The van der Waals surface area contributed by atoms with E-state index in [1.165, 1.54) is 0 Å². The standard InChI is InChI=1S/C20H25N3O3/c1-4-5-13-26-20(25)22-17-11-9-16(10-12-17)21-19(24)15-7-6-8-18(14-15)23(2)3/h6-12,14H,4-5,13H2,1-3H3,(H,21,24)(H,22,25). The van der Waals surface area contributed by atoms with Crippen LogP contribution in [0.15, 0.2) is 48.5 Å². The Labute approximate surface area is 154 Å². The second-order valence-electron chi connectivity index (χ2n) is 6.09. The van der Waals surface area contributed by atoms with Gasteiger partial charge in [-0.15, -0.1) is 0 Å². The molecule has 0 saturated carbocycles. The molecule has 0 heterocycles. The highest BCUT2D eigenvalue weighted by Crippen LogP contribution is 2.17. The quantitative estimate of drug-likeness (QED) is 0.724. The first-order valence-corrected chi connectivity index (χ1v) is 8.62. The molecule has 0 atom stereocenters. The maximum Gasteiger partial charge on any atom is 0.411 e. The molecule has 2 amide bonds. The molecular formula is C20H25N3O3. The Bertz CT molecular complexity index is 742. The van der Waals surface area contributed by atoms with E-state index in [4.69, 9.17) is 4.74 Å². The second-order valence-corrected chi connectivity index (χ2v) is 6.09. The topological polar surface area (TPSA) is 70.7 Å². The van der Waals surface area contributed by atoms with E-state index in [-0.39, 0.29) is 5.91 Å². The highest BCUT2D eigenvalue weighted by molar-refractivity contribution is 6.05.